The van der Waals surface area contributed by atoms with E-state index in [9.17, 15) is 0 Å². The lowest BCUT2D eigenvalue weighted by Gasteiger charge is -2.43. The molecule has 2 atom stereocenters. The average molecular weight is 465 g/mol. The van der Waals surface area contributed by atoms with Crippen LogP contribution in [0.25, 0.3) is 0 Å². The first-order valence-electron chi connectivity index (χ1n) is 13.6. The van der Waals surface area contributed by atoms with Crippen molar-refractivity contribution in [3.05, 3.63) is 0 Å². The van der Waals surface area contributed by atoms with Crippen LogP contribution in [0, 0.1) is 0 Å². The molecule has 1 saturated heterocycles. The highest BCUT2D eigenvalue weighted by Crippen LogP contribution is 2.48. The van der Waals surface area contributed by atoms with Crippen molar-refractivity contribution in [2.24, 2.45) is 5.16 Å². The van der Waals surface area contributed by atoms with Crippen LogP contribution in [-0.2, 0) is 23.6 Å². The van der Waals surface area contributed by atoms with Gasteiger partial charge in [0, 0.05) is 14.2 Å². The number of hydrogen-bond donors (Lipinski definition) is 0. The number of oxime groups is 1. The van der Waals surface area contributed by atoms with Gasteiger partial charge in [0.15, 0.2) is 0 Å². The van der Waals surface area contributed by atoms with E-state index in [1.165, 1.54) is 64.2 Å². The predicted molar refractivity (Wildman–Crippen MR) is 134 cm³/mol. The Labute approximate surface area is 202 Å². The summed E-state index contributed by atoms with van der Waals surface area (Å²) in [5.41, 5.74) is 0.607. The maximum absolute atomic E-state index is 6.67. The molecular weight excluding hydrogens is 417 g/mol. The zero-order chi connectivity index (χ0) is 23.6. The highest BCUT2D eigenvalue weighted by Gasteiger charge is 2.59. The molecule has 0 radical (unpaired) electrons. The zero-order valence-corrected chi connectivity index (χ0v) is 21.7. The van der Waals surface area contributed by atoms with Crippen molar-refractivity contribution in [2.45, 2.75) is 139 Å². The summed E-state index contributed by atoms with van der Waals surface area (Å²) in [5.74, 6) is 0. The van der Waals surface area contributed by atoms with E-state index in [0.29, 0.717) is 0 Å². The molecule has 0 unspecified atom stereocenters. The Morgan fingerprint density at radius 2 is 1.30 bits per heavy atom. The van der Waals surface area contributed by atoms with Crippen LogP contribution in [0.5, 0.6) is 0 Å². The lowest BCUT2D eigenvalue weighted by Crippen LogP contribution is -2.56. The fourth-order valence-corrected chi connectivity index (χ4v) is 6.33. The number of unbranched alkanes of at least 4 members (excludes halogenated alkanes) is 5. The van der Waals surface area contributed by atoms with Crippen molar-refractivity contribution < 1.29 is 23.6 Å². The van der Waals surface area contributed by atoms with Gasteiger partial charge in [-0.3, -0.25) is 0 Å². The Hall–Kier alpha value is -0.625. The number of methoxy groups -OCH3 is 2. The maximum Gasteiger partial charge on any atom is 0.458 e. The molecule has 0 aromatic carbocycles. The summed E-state index contributed by atoms with van der Waals surface area (Å²) in [6, 6.07) is 0. The van der Waals surface area contributed by atoms with Crippen molar-refractivity contribution in [3.63, 3.8) is 0 Å². The molecule has 2 saturated carbocycles. The third kappa shape index (κ3) is 6.74. The van der Waals surface area contributed by atoms with Gasteiger partial charge in [-0.15, -0.1) is 0 Å². The number of rotatable bonds is 15. The average Bonchev–Trinajstić information content (AvgIpc) is 3.59. The Bertz CT molecular complexity index is 557. The third-order valence-corrected chi connectivity index (χ3v) is 8.33. The van der Waals surface area contributed by atoms with Gasteiger partial charge in [-0.2, -0.15) is 0 Å². The topological polar surface area (TPSA) is 58.5 Å². The minimum atomic E-state index is -0.254. The molecule has 0 bridgehead atoms. The molecule has 33 heavy (non-hydrogen) atoms. The molecule has 3 aliphatic rings. The van der Waals surface area contributed by atoms with E-state index in [0.717, 1.165) is 50.6 Å². The van der Waals surface area contributed by atoms with Crippen LogP contribution in [0.1, 0.15) is 110 Å². The van der Waals surface area contributed by atoms with E-state index < -0.39 is 0 Å². The van der Waals surface area contributed by atoms with Gasteiger partial charge in [-0.25, -0.2) is 0 Å². The first-order chi connectivity index (χ1) is 16.1. The number of ether oxygens (including phenoxy) is 2. The summed E-state index contributed by atoms with van der Waals surface area (Å²) in [7, 11) is 5.08. The summed E-state index contributed by atoms with van der Waals surface area (Å²) < 4.78 is 25.7. The van der Waals surface area contributed by atoms with Crippen molar-refractivity contribution in [2.75, 3.05) is 21.3 Å². The molecule has 3 fully saturated rings. The van der Waals surface area contributed by atoms with E-state index in [2.05, 4.69) is 12.1 Å². The highest BCUT2D eigenvalue weighted by atomic mass is 16.7. The van der Waals surface area contributed by atoms with E-state index >= 15 is 0 Å². The van der Waals surface area contributed by atoms with Gasteiger partial charge in [-0.1, -0.05) is 69.9 Å². The van der Waals surface area contributed by atoms with Crippen molar-refractivity contribution >= 4 is 12.8 Å². The Morgan fingerprint density at radius 3 is 1.79 bits per heavy atom. The molecule has 7 heteroatoms. The number of nitrogens with zero attached hydrogens (tertiary/aromatic N) is 1. The molecule has 0 amide bonds. The Kier molecular flexibility index (Phi) is 11.0. The molecule has 0 aromatic rings. The largest absolute Gasteiger partial charge is 0.458 e. The Morgan fingerprint density at radius 1 is 0.788 bits per heavy atom. The molecule has 0 aromatic heterocycles. The van der Waals surface area contributed by atoms with Gasteiger partial charge in [0.25, 0.3) is 0 Å². The molecule has 1 aliphatic heterocycles. The minimum Gasteiger partial charge on any atom is -0.403 e. The van der Waals surface area contributed by atoms with Crippen molar-refractivity contribution in [1.82, 2.24) is 0 Å². The monoisotopic (exact) mass is 465 g/mol. The van der Waals surface area contributed by atoms with Crippen LogP contribution in [0.2, 0.25) is 6.32 Å². The van der Waals surface area contributed by atoms with E-state index in [1.54, 1.807) is 7.11 Å². The second-order valence-electron chi connectivity index (χ2n) is 10.4. The summed E-state index contributed by atoms with van der Waals surface area (Å²) in [6.45, 7) is 2.26. The molecule has 190 valence electrons. The minimum absolute atomic E-state index is 0.0746. The van der Waals surface area contributed by atoms with Gasteiger partial charge in [0.1, 0.15) is 7.11 Å². The first-order valence-corrected chi connectivity index (χ1v) is 13.6. The molecule has 6 nitrogen and oxygen atoms in total. The fourth-order valence-electron chi connectivity index (χ4n) is 6.33. The van der Waals surface area contributed by atoms with Crippen LogP contribution in [0.4, 0.5) is 0 Å². The van der Waals surface area contributed by atoms with Gasteiger partial charge >= 0.3 is 7.12 Å². The first kappa shape index (κ1) is 27.0. The highest BCUT2D eigenvalue weighted by molar-refractivity contribution is 6.45. The third-order valence-electron chi connectivity index (χ3n) is 8.33. The molecule has 2 aliphatic carbocycles. The normalized spacial score (nSPS) is 26.9. The van der Waals surface area contributed by atoms with Gasteiger partial charge in [0.05, 0.1) is 29.1 Å². The lowest BCUT2D eigenvalue weighted by atomic mass is 9.81. The fraction of sp³-hybridized carbons (Fsp3) is 0.962. The Balaban J connectivity index is 1.60. The van der Waals surface area contributed by atoms with E-state index in [-0.39, 0.29) is 30.5 Å². The summed E-state index contributed by atoms with van der Waals surface area (Å²) >= 11 is 0. The second kappa shape index (κ2) is 13.5. The number of hydrogen-bond acceptors (Lipinski definition) is 6. The van der Waals surface area contributed by atoms with Crippen LogP contribution in [0.15, 0.2) is 5.16 Å². The van der Waals surface area contributed by atoms with Crippen molar-refractivity contribution in [1.29, 1.82) is 0 Å². The SMILES string of the molecule is CCCCCCCC/C(CCB1O[C@H](C2(OC)CCCC2)[C@@H](C2(OC)CCCC2)O1)=N/OC. The van der Waals surface area contributed by atoms with Crippen LogP contribution in [-0.4, -0.2) is 57.6 Å². The smallest absolute Gasteiger partial charge is 0.403 e. The van der Waals surface area contributed by atoms with Gasteiger partial charge in [0.2, 0.25) is 0 Å². The molecule has 1 heterocycles. The maximum atomic E-state index is 6.67. The van der Waals surface area contributed by atoms with Gasteiger partial charge < -0.3 is 23.6 Å². The lowest BCUT2D eigenvalue weighted by molar-refractivity contribution is -0.153. The second-order valence-corrected chi connectivity index (χ2v) is 10.4. The van der Waals surface area contributed by atoms with Crippen LogP contribution >= 0.6 is 0 Å². The standard InChI is InChI=1S/C26H48BNO5/c1-5-6-7-8-9-10-15-22(28-31-4)16-21-27-32-23(25(29-2)17-11-12-18-25)24(33-27)26(30-3)19-13-14-20-26/h23-24H,5-21H2,1-4H3/b28-22-/t23-,24-/m0/s1. The van der Waals surface area contributed by atoms with Gasteiger partial charge in [-0.05, 0) is 51.3 Å². The predicted octanol–water partition coefficient (Wildman–Crippen LogP) is 6.32. The zero-order valence-electron chi connectivity index (χ0n) is 21.7. The summed E-state index contributed by atoms with van der Waals surface area (Å²) in [5, 5.41) is 4.33. The summed E-state index contributed by atoms with van der Waals surface area (Å²) in [4.78, 5) is 5.15. The molecular formula is C26H48BNO5. The molecule has 3 rings (SSSR count). The van der Waals surface area contributed by atoms with E-state index in [4.69, 9.17) is 23.6 Å². The molecule has 0 spiro atoms. The van der Waals surface area contributed by atoms with Crippen LogP contribution in [0.3, 0.4) is 0 Å². The van der Waals surface area contributed by atoms with Crippen molar-refractivity contribution in [3.8, 4) is 0 Å². The van der Waals surface area contributed by atoms with Crippen LogP contribution < -0.4 is 0 Å². The van der Waals surface area contributed by atoms with E-state index in [1.807, 2.05) is 14.2 Å². The quantitative estimate of drug-likeness (QED) is 0.123. The summed E-state index contributed by atoms with van der Waals surface area (Å²) in [6.07, 6.45) is 19.1. The molecule has 0 N–H and O–H groups in total.